The van der Waals surface area contributed by atoms with Gasteiger partial charge in [0.1, 0.15) is 6.04 Å². The Morgan fingerprint density at radius 1 is 1.11 bits per heavy atom. The van der Waals surface area contributed by atoms with Crippen LogP contribution < -0.4 is 10.6 Å². The summed E-state index contributed by atoms with van der Waals surface area (Å²) in [6.07, 6.45) is 3.17. The predicted molar refractivity (Wildman–Crippen MR) is 105 cm³/mol. The number of aryl methyl sites for hydroxylation is 1. The van der Waals surface area contributed by atoms with E-state index in [9.17, 15) is 4.79 Å². The van der Waals surface area contributed by atoms with E-state index in [1.807, 2.05) is 55.5 Å². The van der Waals surface area contributed by atoms with Gasteiger partial charge in [-0.15, -0.1) is 5.10 Å². The maximum atomic E-state index is 12.3. The molecule has 1 unspecified atom stereocenters. The third-order valence-electron chi connectivity index (χ3n) is 4.49. The Labute approximate surface area is 157 Å². The highest BCUT2D eigenvalue weighted by molar-refractivity contribution is 5.89. The van der Waals surface area contributed by atoms with Crippen molar-refractivity contribution >= 4 is 17.8 Å². The Bertz CT molecular complexity index is 963. The highest BCUT2D eigenvalue weighted by atomic mass is 16.1. The minimum absolute atomic E-state index is 0.0510. The Hall–Kier alpha value is -3.41. The van der Waals surface area contributed by atoms with Crippen molar-refractivity contribution in [3.63, 3.8) is 0 Å². The van der Waals surface area contributed by atoms with Crippen LogP contribution in [0.1, 0.15) is 30.5 Å². The molecule has 2 aromatic carbocycles. The van der Waals surface area contributed by atoms with Gasteiger partial charge in [0.15, 0.2) is 0 Å². The first-order valence-corrected chi connectivity index (χ1v) is 9.00. The van der Waals surface area contributed by atoms with Gasteiger partial charge < -0.3 is 5.32 Å². The number of nitrogens with zero attached hydrogens (tertiary/aromatic N) is 3. The van der Waals surface area contributed by atoms with E-state index in [1.165, 1.54) is 0 Å². The van der Waals surface area contributed by atoms with Crippen molar-refractivity contribution in [2.45, 2.75) is 25.8 Å². The molecule has 0 fully saturated rings. The van der Waals surface area contributed by atoms with Crippen molar-refractivity contribution < 1.29 is 4.79 Å². The number of amides is 1. The molecule has 1 aliphatic rings. The molecular weight excluding hydrogens is 338 g/mol. The van der Waals surface area contributed by atoms with Gasteiger partial charge in [0.05, 0.1) is 0 Å². The number of anilines is 2. The molecule has 1 atom stereocenters. The zero-order valence-electron chi connectivity index (χ0n) is 15.1. The monoisotopic (exact) mass is 359 g/mol. The van der Waals surface area contributed by atoms with E-state index in [-0.39, 0.29) is 11.9 Å². The van der Waals surface area contributed by atoms with Gasteiger partial charge in [0.2, 0.25) is 11.9 Å². The quantitative estimate of drug-likeness (QED) is 0.727. The molecule has 0 radical (unpaired) electrons. The number of benzene rings is 2. The molecule has 0 saturated heterocycles. The number of allylic oxidation sites excluding steroid dienone is 2. The number of carbonyl (C=O) groups is 1. The number of rotatable bonds is 5. The summed E-state index contributed by atoms with van der Waals surface area (Å²) in [5.41, 5.74) is 3.26. The number of hydrogen-bond acceptors (Lipinski definition) is 4. The fourth-order valence-corrected chi connectivity index (χ4v) is 3.16. The Morgan fingerprint density at radius 3 is 2.56 bits per heavy atom. The molecule has 6 nitrogen and oxygen atoms in total. The highest BCUT2D eigenvalue weighted by Crippen LogP contribution is 2.29. The van der Waals surface area contributed by atoms with E-state index in [1.54, 1.807) is 4.68 Å². The van der Waals surface area contributed by atoms with Crippen LogP contribution in [0, 0.1) is 0 Å². The molecule has 0 aliphatic carbocycles. The van der Waals surface area contributed by atoms with Crippen molar-refractivity contribution in [2.24, 2.45) is 0 Å². The molecule has 1 aliphatic heterocycles. The summed E-state index contributed by atoms with van der Waals surface area (Å²) in [7, 11) is 0. The molecule has 2 heterocycles. The van der Waals surface area contributed by atoms with E-state index in [4.69, 9.17) is 0 Å². The SMILES string of the molecule is CC1=CC(c2ccccc2)n2nc(NC(=O)CCc3ccccc3)nc2N1. The van der Waals surface area contributed by atoms with E-state index >= 15 is 0 Å². The Balaban J connectivity index is 1.48. The minimum Gasteiger partial charge on any atom is -0.329 e. The molecule has 3 aromatic rings. The van der Waals surface area contributed by atoms with Gasteiger partial charge in [-0.05, 0) is 30.5 Å². The van der Waals surface area contributed by atoms with Crippen LogP contribution in [0.15, 0.2) is 72.4 Å². The lowest BCUT2D eigenvalue weighted by Crippen LogP contribution is -2.19. The summed E-state index contributed by atoms with van der Waals surface area (Å²) in [4.78, 5) is 16.7. The smallest absolute Gasteiger partial charge is 0.250 e. The maximum absolute atomic E-state index is 12.3. The van der Waals surface area contributed by atoms with Gasteiger partial charge in [0.25, 0.3) is 5.95 Å². The third kappa shape index (κ3) is 3.89. The summed E-state index contributed by atoms with van der Waals surface area (Å²) < 4.78 is 1.80. The van der Waals surface area contributed by atoms with E-state index < -0.39 is 0 Å². The highest BCUT2D eigenvalue weighted by Gasteiger charge is 2.23. The molecule has 1 amide bonds. The fourth-order valence-electron chi connectivity index (χ4n) is 3.16. The molecule has 0 saturated carbocycles. The molecule has 0 spiro atoms. The average molecular weight is 359 g/mol. The van der Waals surface area contributed by atoms with Crippen LogP contribution in [0.4, 0.5) is 11.9 Å². The first kappa shape index (κ1) is 17.0. The molecule has 6 heteroatoms. The summed E-state index contributed by atoms with van der Waals surface area (Å²) in [6.45, 7) is 1.99. The second-order valence-electron chi connectivity index (χ2n) is 6.57. The van der Waals surface area contributed by atoms with Crippen LogP contribution in [0.2, 0.25) is 0 Å². The summed E-state index contributed by atoms with van der Waals surface area (Å²) in [6, 6.07) is 20.0. The number of carbonyl (C=O) groups excluding carboxylic acids is 1. The summed E-state index contributed by atoms with van der Waals surface area (Å²) >= 11 is 0. The molecule has 4 rings (SSSR count). The van der Waals surface area contributed by atoms with Gasteiger partial charge >= 0.3 is 0 Å². The van der Waals surface area contributed by atoms with Crippen LogP contribution in [0.5, 0.6) is 0 Å². The minimum atomic E-state index is -0.0947. The molecule has 0 bridgehead atoms. The number of aromatic nitrogens is 3. The van der Waals surface area contributed by atoms with Crippen molar-refractivity contribution in [3.05, 3.63) is 83.6 Å². The van der Waals surface area contributed by atoms with Crippen molar-refractivity contribution in [1.29, 1.82) is 0 Å². The van der Waals surface area contributed by atoms with Crippen molar-refractivity contribution in [2.75, 3.05) is 10.6 Å². The molecule has 2 N–H and O–H groups in total. The van der Waals surface area contributed by atoms with E-state index in [0.29, 0.717) is 24.7 Å². The van der Waals surface area contributed by atoms with Crippen LogP contribution >= 0.6 is 0 Å². The van der Waals surface area contributed by atoms with Crippen molar-refractivity contribution in [1.82, 2.24) is 14.8 Å². The largest absolute Gasteiger partial charge is 0.329 e. The first-order valence-electron chi connectivity index (χ1n) is 9.00. The van der Waals surface area contributed by atoms with Crippen LogP contribution in [-0.2, 0) is 11.2 Å². The van der Waals surface area contributed by atoms with E-state index in [0.717, 1.165) is 16.8 Å². The average Bonchev–Trinajstić information content (AvgIpc) is 3.09. The summed E-state index contributed by atoms with van der Waals surface area (Å²) in [5.74, 6) is 0.851. The lowest BCUT2D eigenvalue weighted by molar-refractivity contribution is -0.116. The van der Waals surface area contributed by atoms with E-state index in [2.05, 4.69) is 38.9 Å². The van der Waals surface area contributed by atoms with Crippen LogP contribution in [-0.4, -0.2) is 20.7 Å². The second kappa shape index (κ2) is 7.45. The van der Waals surface area contributed by atoms with Gasteiger partial charge in [0, 0.05) is 12.1 Å². The van der Waals surface area contributed by atoms with Crippen molar-refractivity contribution in [3.8, 4) is 0 Å². The lowest BCUT2D eigenvalue weighted by Gasteiger charge is -2.22. The number of nitrogens with one attached hydrogen (secondary N) is 2. The fraction of sp³-hybridized carbons (Fsp3) is 0.190. The molecule has 1 aromatic heterocycles. The topological polar surface area (TPSA) is 71.8 Å². The number of hydrogen-bond donors (Lipinski definition) is 2. The Kier molecular flexibility index (Phi) is 4.70. The van der Waals surface area contributed by atoms with Gasteiger partial charge in [-0.25, -0.2) is 4.68 Å². The normalized spacial score (nSPS) is 15.4. The lowest BCUT2D eigenvalue weighted by atomic mass is 10.1. The van der Waals surface area contributed by atoms with Gasteiger partial charge in [-0.1, -0.05) is 60.7 Å². The zero-order chi connectivity index (χ0) is 18.6. The van der Waals surface area contributed by atoms with Crippen LogP contribution in [0.3, 0.4) is 0 Å². The van der Waals surface area contributed by atoms with Crippen LogP contribution in [0.25, 0.3) is 0 Å². The predicted octanol–water partition coefficient (Wildman–Crippen LogP) is 3.77. The standard InChI is InChI=1S/C21H21N5O/c1-15-14-18(17-10-6-3-7-11-17)26-21(22-15)24-20(25-26)23-19(27)13-12-16-8-4-2-5-9-16/h2-11,14,18H,12-13H2,1H3,(H2,22,23,24,25,27). The molecule has 27 heavy (non-hydrogen) atoms. The second-order valence-corrected chi connectivity index (χ2v) is 6.57. The first-order chi connectivity index (χ1) is 13.2. The molecule has 136 valence electrons. The zero-order valence-corrected chi connectivity index (χ0v) is 15.1. The van der Waals surface area contributed by atoms with Gasteiger partial charge in [-0.3, -0.25) is 10.1 Å². The van der Waals surface area contributed by atoms with Gasteiger partial charge in [-0.2, -0.15) is 4.98 Å². The maximum Gasteiger partial charge on any atom is 0.250 e. The third-order valence-corrected chi connectivity index (χ3v) is 4.49. The molecular formula is C21H21N5O. The Morgan fingerprint density at radius 2 is 1.81 bits per heavy atom. The number of fused-ring (bicyclic) bond motifs is 1. The summed E-state index contributed by atoms with van der Waals surface area (Å²) in [5, 5.41) is 10.5.